The maximum Gasteiger partial charge on any atom is 0.273 e. The van der Waals surface area contributed by atoms with Gasteiger partial charge in [-0.2, -0.15) is 0 Å². The molecule has 0 amide bonds. The van der Waals surface area contributed by atoms with Crippen LogP contribution in [0, 0.1) is 0 Å². The summed E-state index contributed by atoms with van der Waals surface area (Å²) < 4.78 is 5.02. The molecule has 8 nitrogen and oxygen atoms in total. The van der Waals surface area contributed by atoms with Gasteiger partial charge in [0.15, 0.2) is 0 Å². The zero-order valence-corrected chi connectivity index (χ0v) is 30.6. The Labute approximate surface area is 274 Å². The van der Waals surface area contributed by atoms with Crippen LogP contribution in [-0.2, 0) is 4.74 Å². The number of ether oxygens (including phenoxy) is 1. The minimum atomic E-state index is 0. The first kappa shape index (κ1) is 54.6. The third-order valence-electron chi connectivity index (χ3n) is 5.98. The van der Waals surface area contributed by atoms with E-state index in [0.29, 0.717) is 13.2 Å². The second-order valence-electron chi connectivity index (χ2n) is 12.1. The van der Waals surface area contributed by atoms with Crippen LogP contribution in [0.5, 0.6) is 0 Å². The van der Waals surface area contributed by atoms with Gasteiger partial charge in [0, 0.05) is 38.8 Å². The largest absolute Gasteiger partial charge is 0.481 e. The smallest absolute Gasteiger partial charge is 0.273 e. The number of hydrogen-bond acceptors (Lipinski definition) is 8. The first-order chi connectivity index (χ1) is 19.3. The molecule has 0 saturated carbocycles. The Balaban J connectivity index is -0.000000106. The van der Waals surface area contributed by atoms with Crippen molar-refractivity contribution in [1.82, 2.24) is 29.4 Å². The second kappa shape index (κ2) is 43.2. The average Bonchev–Trinajstić information content (AvgIpc) is 2.91. The highest BCUT2D eigenvalue weighted by Gasteiger charge is 1.98. The minimum absolute atomic E-state index is 0. The van der Waals surface area contributed by atoms with Crippen molar-refractivity contribution >= 4 is 0 Å². The molecule has 0 saturated heterocycles. The quantitative estimate of drug-likeness (QED) is 0.109. The third kappa shape index (κ3) is 65.0. The van der Waals surface area contributed by atoms with Crippen LogP contribution in [0.1, 0.15) is 93.9 Å². The Hall–Kier alpha value is -0.900. The molecular weight excluding hydrogens is 536 g/mol. The van der Waals surface area contributed by atoms with Gasteiger partial charge in [0.05, 0.1) is 6.61 Å². The van der Waals surface area contributed by atoms with E-state index >= 15 is 0 Å². The second-order valence-corrected chi connectivity index (χ2v) is 12.1. The predicted molar refractivity (Wildman–Crippen MR) is 199 cm³/mol. The summed E-state index contributed by atoms with van der Waals surface area (Å²) in [7, 11) is 21.0. The van der Waals surface area contributed by atoms with Crippen molar-refractivity contribution in [2.75, 3.05) is 129 Å². The molecule has 0 unspecified atom stereocenters. The van der Waals surface area contributed by atoms with E-state index in [2.05, 4.69) is 109 Å². The van der Waals surface area contributed by atoms with E-state index in [1.54, 1.807) is 6.08 Å². The van der Waals surface area contributed by atoms with E-state index in [9.17, 15) is 0 Å². The molecule has 0 atom stereocenters. The van der Waals surface area contributed by atoms with Gasteiger partial charge < -0.3 is 39.2 Å². The van der Waals surface area contributed by atoms with Gasteiger partial charge in [-0.25, -0.2) is 0 Å². The molecule has 0 aliphatic rings. The van der Waals surface area contributed by atoms with Gasteiger partial charge in [0.1, 0.15) is 0 Å². The molecular formula is C35H86N6O2. The lowest BCUT2D eigenvalue weighted by atomic mass is 10.3. The molecule has 0 fully saturated rings. The molecule has 0 heterocycles. The Morgan fingerprint density at radius 1 is 0.488 bits per heavy atom. The topological polar surface area (TPSA) is 48.9 Å². The summed E-state index contributed by atoms with van der Waals surface area (Å²) in [4.78, 5) is 13.4. The summed E-state index contributed by atoms with van der Waals surface area (Å²) in [6.07, 6.45) is 11.6. The highest BCUT2D eigenvalue weighted by atomic mass is 16.6. The molecule has 0 aliphatic heterocycles. The number of aliphatic hydroxyl groups excluding tert-OH is 1. The molecule has 0 aromatic carbocycles. The van der Waals surface area contributed by atoms with Gasteiger partial charge in [0.2, 0.25) is 0 Å². The summed E-state index contributed by atoms with van der Waals surface area (Å²) in [5.41, 5.74) is 0. The average molecular weight is 623 g/mol. The van der Waals surface area contributed by atoms with E-state index in [1.165, 1.54) is 84.3 Å². The van der Waals surface area contributed by atoms with Crippen molar-refractivity contribution < 1.29 is 9.84 Å². The summed E-state index contributed by atoms with van der Waals surface area (Å²) in [5, 5.41) is 9.14. The lowest BCUT2D eigenvalue weighted by molar-refractivity contribution is 0.0894. The van der Waals surface area contributed by atoms with Crippen LogP contribution in [0.2, 0.25) is 0 Å². The molecule has 0 aromatic rings. The lowest BCUT2D eigenvalue weighted by Gasteiger charge is -2.18. The van der Waals surface area contributed by atoms with E-state index in [0.717, 1.165) is 12.8 Å². The molecule has 0 rings (SSSR count). The summed E-state index contributed by atoms with van der Waals surface area (Å²) in [6, 6.07) is 0. The number of hydrogen-bond donors (Lipinski definition) is 1. The van der Waals surface area contributed by atoms with Crippen molar-refractivity contribution in [2.45, 2.75) is 93.9 Å². The predicted octanol–water partition coefficient (Wildman–Crippen LogP) is 6.94. The van der Waals surface area contributed by atoms with Crippen molar-refractivity contribution in [3.05, 3.63) is 12.0 Å². The minimum Gasteiger partial charge on any atom is -0.481 e. The first-order valence-corrected chi connectivity index (χ1v) is 16.2. The van der Waals surface area contributed by atoms with Crippen LogP contribution in [0.15, 0.2) is 12.0 Å². The number of unbranched alkanes of at least 4 members (excludes halogenated alkanes) is 4. The van der Waals surface area contributed by atoms with Crippen molar-refractivity contribution in [1.29, 1.82) is 0 Å². The van der Waals surface area contributed by atoms with Crippen LogP contribution >= 0.6 is 0 Å². The molecule has 0 bridgehead atoms. The van der Waals surface area contributed by atoms with Gasteiger partial charge in [-0.15, -0.1) is 0 Å². The zero-order valence-electron chi connectivity index (χ0n) is 30.6. The molecule has 268 valence electrons. The Bertz CT molecular complexity index is 481. The monoisotopic (exact) mass is 623 g/mol. The standard InChI is InChI=1S/2C9H22N2.C9H19NO2.C6H15N.2CH4/c2*1-5-6-7-11(4)9-8-10(2)3;1-4-5-8-12-9(11)6-7-10(2)3;1-4-5-6-7(2)3;;/h2*5-9H2,1-4H3;6,11H,4-5,7-8H2,1-3H3;4-6H2,1-3H3;2*1H4/b;;9-6-;;;. The van der Waals surface area contributed by atoms with Gasteiger partial charge in [0.25, 0.3) is 5.95 Å². The maximum atomic E-state index is 9.14. The molecule has 0 aliphatic carbocycles. The van der Waals surface area contributed by atoms with Gasteiger partial charge in [-0.1, -0.05) is 68.2 Å². The fourth-order valence-electron chi connectivity index (χ4n) is 2.94. The Morgan fingerprint density at radius 2 is 0.837 bits per heavy atom. The van der Waals surface area contributed by atoms with Gasteiger partial charge in [-0.05, 0) is 116 Å². The third-order valence-corrected chi connectivity index (χ3v) is 5.98. The molecule has 0 spiro atoms. The Kier molecular flexibility index (Phi) is 54.9. The number of nitrogens with zero attached hydrogens (tertiary/aromatic N) is 6. The van der Waals surface area contributed by atoms with Crippen molar-refractivity contribution in [3.8, 4) is 0 Å². The molecule has 0 radical (unpaired) electrons. The number of likely N-dealkylation sites (N-methyl/N-ethyl adjacent to an activating group) is 5. The SMILES string of the molecule is C.C.CCCCN(C)C.CCCCN(C)CCN(C)C.CCCCN(C)CCN(C)C.CCCCO/C(O)=C\CN(C)C. The summed E-state index contributed by atoms with van der Waals surface area (Å²) in [5.74, 6) is 0.0390. The van der Waals surface area contributed by atoms with E-state index in [4.69, 9.17) is 9.84 Å². The number of aliphatic hydroxyl groups is 1. The highest BCUT2D eigenvalue weighted by molar-refractivity contribution is 4.83. The zero-order chi connectivity index (χ0) is 32.5. The van der Waals surface area contributed by atoms with Crippen LogP contribution in [0.4, 0.5) is 0 Å². The van der Waals surface area contributed by atoms with Crippen LogP contribution in [0.25, 0.3) is 0 Å². The van der Waals surface area contributed by atoms with Crippen LogP contribution in [0.3, 0.4) is 0 Å². The van der Waals surface area contributed by atoms with E-state index < -0.39 is 0 Å². The van der Waals surface area contributed by atoms with Gasteiger partial charge in [-0.3, -0.25) is 0 Å². The van der Waals surface area contributed by atoms with Crippen molar-refractivity contribution in [3.63, 3.8) is 0 Å². The van der Waals surface area contributed by atoms with E-state index in [1.807, 2.05) is 19.0 Å². The molecule has 8 heteroatoms. The summed E-state index contributed by atoms with van der Waals surface area (Å²) in [6.45, 7) is 18.5. The van der Waals surface area contributed by atoms with Gasteiger partial charge >= 0.3 is 0 Å². The fraction of sp³-hybridized carbons (Fsp3) is 0.943. The van der Waals surface area contributed by atoms with Crippen LogP contribution < -0.4 is 0 Å². The lowest BCUT2D eigenvalue weighted by Crippen LogP contribution is -2.29. The first-order valence-electron chi connectivity index (χ1n) is 16.2. The van der Waals surface area contributed by atoms with E-state index in [-0.39, 0.29) is 20.8 Å². The van der Waals surface area contributed by atoms with Crippen LogP contribution in [-0.4, -0.2) is 164 Å². The highest BCUT2D eigenvalue weighted by Crippen LogP contribution is 1.96. The molecule has 1 N–H and O–H groups in total. The molecule has 43 heavy (non-hydrogen) atoms. The number of rotatable bonds is 21. The fourth-order valence-corrected chi connectivity index (χ4v) is 2.94. The maximum absolute atomic E-state index is 9.14. The normalized spacial score (nSPS) is 10.9. The molecule has 0 aromatic heterocycles. The Morgan fingerprint density at radius 3 is 1.12 bits per heavy atom. The summed E-state index contributed by atoms with van der Waals surface area (Å²) >= 11 is 0. The van der Waals surface area contributed by atoms with Crippen molar-refractivity contribution in [2.24, 2.45) is 0 Å².